The molecule has 0 N–H and O–H groups in total. The first kappa shape index (κ1) is 19.8. The minimum absolute atomic E-state index is 0.133. The van der Waals surface area contributed by atoms with Crippen molar-refractivity contribution >= 4 is 49.6 Å². The van der Waals surface area contributed by atoms with Crippen LogP contribution in [0.5, 0.6) is 0 Å². The van der Waals surface area contributed by atoms with E-state index in [0.29, 0.717) is 33.2 Å². The van der Waals surface area contributed by atoms with Crippen molar-refractivity contribution in [2.45, 2.75) is 17.5 Å². The van der Waals surface area contributed by atoms with Crippen LogP contribution < -0.4 is 11.2 Å². The number of fused-ring (bicyclic) bond motifs is 2. The zero-order valence-corrected chi connectivity index (χ0v) is 18.5. The molecule has 0 fully saturated rings. The van der Waals surface area contributed by atoms with Crippen molar-refractivity contribution in [1.82, 2.24) is 9.55 Å². The quantitative estimate of drug-likeness (QED) is 0.190. The average molecular weight is 495 g/mol. The molecule has 0 spiro atoms. The molecule has 0 aliphatic heterocycles. The van der Waals surface area contributed by atoms with Crippen molar-refractivity contribution in [2.75, 3.05) is 0 Å². The predicted molar refractivity (Wildman–Crippen MR) is 124 cm³/mol. The van der Waals surface area contributed by atoms with E-state index in [9.17, 15) is 9.59 Å². The fourth-order valence-corrected chi connectivity index (χ4v) is 4.75. The van der Waals surface area contributed by atoms with Crippen LogP contribution in [0, 0.1) is 0 Å². The van der Waals surface area contributed by atoms with Gasteiger partial charge in [-0.05, 0) is 48.0 Å². The molecule has 2 aromatic carbocycles. The molecule has 0 amide bonds. The fourth-order valence-electron chi connectivity index (χ4n) is 3.42. The average Bonchev–Trinajstić information content (AvgIpc) is 3.27. The van der Waals surface area contributed by atoms with Gasteiger partial charge < -0.3 is 8.83 Å². The number of rotatable bonds is 5. The molecule has 3 heterocycles. The number of benzene rings is 2. The third-order valence-corrected chi connectivity index (χ3v) is 6.39. The van der Waals surface area contributed by atoms with E-state index in [4.69, 9.17) is 13.8 Å². The Morgan fingerprint density at radius 3 is 2.71 bits per heavy atom. The molecular formula is C23H15BrN2O4S. The van der Waals surface area contributed by atoms with Crippen LogP contribution in [0.1, 0.15) is 11.3 Å². The van der Waals surface area contributed by atoms with E-state index in [2.05, 4.69) is 15.9 Å². The summed E-state index contributed by atoms with van der Waals surface area (Å²) in [5.74, 6) is 1.11. The largest absolute Gasteiger partial charge is 0.467 e. The standard InChI is InChI=1S/C23H15BrN2O4S/c24-15-7-8-17-14(10-21(27)30-20(17)11-15)13-31-23-25-19-6-2-1-5-18(19)22(28)26(23)12-16-4-3-9-29-16/h1-11H,12-13H2. The second kappa shape index (κ2) is 8.20. The van der Waals surface area contributed by atoms with Gasteiger partial charge in [-0.3, -0.25) is 9.36 Å². The zero-order valence-electron chi connectivity index (χ0n) is 16.1. The molecule has 31 heavy (non-hydrogen) atoms. The third kappa shape index (κ3) is 3.96. The Labute approximate surface area is 188 Å². The maximum absolute atomic E-state index is 13.2. The Bertz CT molecular complexity index is 1520. The topological polar surface area (TPSA) is 78.2 Å². The number of nitrogens with zero attached hydrogens (tertiary/aromatic N) is 2. The van der Waals surface area contributed by atoms with Crippen LogP contribution >= 0.6 is 27.7 Å². The van der Waals surface area contributed by atoms with E-state index in [1.54, 1.807) is 29.0 Å². The summed E-state index contributed by atoms with van der Waals surface area (Å²) in [5.41, 5.74) is 1.41. The number of thioether (sulfide) groups is 1. The van der Waals surface area contributed by atoms with Gasteiger partial charge in [-0.2, -0.15) is 0 Å². The number of hydrogen-bond donors (Lipinski definition) is 0. The van der Waals surface area contributed by atoms with Gasteiger partial charge in [-0.25, -0.2) is 9.78 Å². The second-order valence-electron chi connectivity index (χ2n) is 6.90. The number of aromatic nitrogens is 2. The Morgan fingerprint density at radius 1 is 1.00 bits per heavy atom. The molecule has 0 unspecified atom stereocenters. The first-order valence-corrected chi connectivity index (χ1v) is 11.2. The molecule has 0 atom stereocenters. The highest BCUT2D eigenvalue weighted by molar-refractivity contribution is 9.10. The molecule has 0 radical (unpaired) electrons. The molecule has 0 aliphatic carbocycles. The van der Waals surface area contributed by atoms with Crippen LogP contribution in [0.4, 0.5) is 0 Å². The lowest BCUT2D eigenvalue weighted by Crippen LogP contribution is -2.23. The van der Waals surface area contributed by atoms with Gasteiger partial charge in [0.25, 0.3) is 5.56 Å². The molecule has 5 aromatic rings. The van der Waals surface area contributed by atoms with Gasteiger partial charge in [0.1, 0.15) is 11.3 Å². The Kier molecular flexibility index (Phi) is 5.25. The maximum atomic E-state index is 13.2. The number of para-hydroxylation sites is 1. The molecular weight excluding hydrogens is 480 g/mol. The van der Waals surface area contributed by atoms with Crippen LogP contribution in [0.25, 0.3) is 21.9 Å². The van der Waals surface area contributed by atoms with Crippen molar-refractivity contribution in [3.05, 3.63) is 103 Å². The summed E-state index contributed by atoms with van der Waals surface area (Å²) in [7, 11) is 0. The summed E-state index contributed by atoms with van der Waals surface area (Å²) in [6.45, 7) is 0.274. The third-order valence-electron chi connectivity index (χ3n) is 4.87. The van der Waals surface area contributed by atoms with Crippen LogP contribution in [0.2, 0.25) is 0 Å². The summed E-state index contributed by atoms with van der Waals surface area (Å²) in [5, 5.41) is 1.95. The minimum Gasteiger partial charge on any atom is -0.467 e. The summed E-state index contributed by atoms with van der Waals surface area (Å²) >= 11 is 4.80. The van der Waals surface area contributed by atoms with Crippen LogP contribution in [0.15, 0.2) is 95.0 Å². The molecule has 0 saturated heterocycles. The molecule has 0 aliphatic rings. The Morgan fingerprint density at radius 2 is 1.87 bits per heavy atom. The Balaban J connectivity index is 1.58. The van der Waals surface area contributed by atoms with Gasteiger partial charge in [-0.1, -0.05) is 39.8 Å². The van der Waals surface area contributed by atoms with Crippen molar-refractivity contribution in [1.29, 1.82) is 0 Å². The molecule has 8 heteroatoms. The molecule has 0 saturated carbocycles. The lowest BCUT2D eigenvalue weighted by molar-refractivity contribution is 0.476. The van der Waals surface area contributed by atoms with Gasteiger partial charge in [0, 0.05) is 21.7 Å². The van der Waals surface area contributed by atoms with E-state index in [-0.39, 0.29) is 12.1 Å². The van der Waals surface area contributed by atoms with Crippen LogP contribution in [-0.4, -0.2) is 9.55 Å². The number of furan rings is 1. The summed E-state index contributed by atoms with van der Waals surface area (Å²) < 4.78 is 13.2. The lowest BCUT2D eigenvalue weighted by Gasteiger charge is -2.12. The van der Waals surface area contributed by atoms with Gasteiger partial charge >= 0.3 is 5.63 Å². The summed E-state index contributed by atoms with van der Waals surface area (Å²) in [6.07, 6.45) is 1.58. The van der Waals surface area contributed by atoms with Crippen molar-refractivity contribution in [3.63, 3.8) is 0 Å². The van der Waals surface area contributed by atoms with E-state index in [1.807, 2.05) is 36.4 Å². The van der Waals surface area contributed by atoms with Gasteiger partial charge in [0.15, 0.2) is 5.16 Å². The van der Waals surface area contributed by atoms with Crippen LogP contribution in [0.3, 0.4) is 0 Å². The van der Waals surface area contributed by atoms with E-state index in [0.717, 1.165) is 15.4 Å². The first-order chi connectivity index (χ1) is 15.1. The molecule has 3 aromatic heterocycles. The highest BCUT2D eigenvalue weighted by atomic mass is 79.9. The van der Waals surface area contributed by atoms with E-state index < -0.39 is 5.63 Å². The van der Waals surface area contributed by atoms with Gasteiger partial charge in [0.05, 0.1) is 23.7 Å². The second-order valence-corrected chi connectivity index (χ2v) is 8.76. The van der Waals surface area contributed by atoms with E-state index >= 15 is 0 Å². The SMILES string of the molecule is O=c1cc(CSc2nc3ccccc3c(=O)n2Cc2ccco2)c2ccc(Br)cc2o1. The molecule has 154 valence electrons. The normalized spacial score (nSPS) is 11.4. The monoisotopic (exact) mass is 494 g/mol. The van der Waals surface area contributed by atoms with Crippen molar-refractivity contribution in [2.24, 2.45) is 0 Å². The summed E-state index contributed by atoms with van der Waals surface area (Å²) in [4.78, 5) is 30.0. The molecule has 6 nitrogen and oxygen atoms in total. The summed E-state index contributed by atoms with van der Waals surface area (Å²) in [6, 6.07) is 17.9. The number of hydrogen-bond acceptors (Lipinski definition) is 6. The highest BCUT2D eigenvalue weighted by Gasteiger charge is 2.14. The number of halogens is 1. The highest BCUT2D eigenvalue weighted by Crippen LogP contribution is 2.28. The first-order valence-electron chi connectivity index (χ1n) is 9.45. The lowest BCUT2D eigenvalue weighted by atomic mass is 10.1. The van der Waals surface area contributed by atoms with Crippen molar-refractivity contribution in [3.8, 4) is 0 Å². The van der Waals surface area contributed by atoms with Gasteiger partial charge in [0.2, 0.25) is 0 Å². The maximum Gasteiger partial charge on any atom is 0.336 e. The fraction of sp³-hybridized carbons (Fsp3) is 0.0870. The predicted octanol–water partition coefficient (Wildman–Crippen LogP) is 5.20. The van der Waals surface area contributed by atoms with Crippen LogP contribution in [-0.2, 0) is 12.3 Å². The minimum atomic E-state index is -0.416. The molecule has 0 bridgehead atoms. The smallest absolute Gasteiger partial charge is 0.336 e. The Hall–Kier alpha value is -3.10. The van der Waals surface area contributed by atoms with Gasteiger partial charge in [-0.15, -0.1) is 0 Å². The zero-order chi connectivity index (χ0) is 21.4. The van der Waals surface area contributed by atoms with E-state index in [1.165, 1.54) is 17.8 Å². The molecule has 5 rings (SSSR count). The van der Waals surface area contributed by atoms with Crippen molar-refractivity contribution < 1.29 is 8.83 Å².